The molecule has 0 radical (unpaired) electrons. The van der Waals surface area contributed by atoms with Crippen LogP contribution in [-0.4, -0.2) is 5.91 Å². The Morgan fingerprint density at radius 2 is 1.59 bits per heavy atom. The molecule has 0 fully saturated rings. The van der Waals surface area contributed by atoms with Gasteiger partial charge in [-0.3, -0.25) is 4.79 Å². The van der Waals surface area contributed by atoms with Crippen molar-refractivity contribution in [2.75, 3.05) is 5.32 Å². The SMILES string of the molecule is O=C(Nc1ccc2c(c1)Cc1ccccc1-2)c1ccc(-c2cc(Cl)cc(Cl)c2)o1. The third-order valence-electron chi connectivity index (χ3n) is 5.03. The highest BCUT2D eigenvalue weighted by molar-refractivity contribution is 6.35. The minimum Gasteiger partial charge on any atom is -0.451 e. The van der Waals surface area contributed by atoms with Gasteiger partial charge in [-0.15, -0.1) is 0 Å². The number of carbonyl (C=O) groups excluding carboxylic acids is 1. The summed E-state index contributed by atoms with van der Waals surface area (Å²) in [7, 11) is 0. The van der Waals surface area contributed by atoms with Crippen LogP contribution in [0.25, 0.3) is 22.5 Å². The molecule has 1 heterocycles. The van der Waals surface area contributed by atoms with Crippen LogP contribution in [0.3, 0.4) is 0 Å². The molecule has 1 N–H and O–H groups in total. The average molecular weight is 420 g/mol. The van der Waals surface area contributed by atoms with Gasteiger partial charge in [-0.25, -0.2) is 0 Å². The summed E-state index contributed by atoms with van der Waals surface area (Å²) in [6.45, 7) is 0. The lowest BCUT2D eigenvalue weighted by Gasteiger charge is -2.06. The summed E-state index contributed by atoms with van der Waals surface area (Å²) in [6, 6.07) is 22.9. The first-order valence-electron chi connectivity index (χ1n) is 9.16. The Hall–Kier alpha value is -3.01. The van der Waals surface area contributed by atoms with E-state index >= 15 is 0 Å². The van der Waals surface area contributed by atoms with Gasteiger partial charge >= 0.3 is 0 Å². The van der Waals surface area contributed by atoms with Crippen LogP contribution in [0.5, 0.6) is 0 Å². The molecule has 0 saturated heterocycles. The molecular weight excluding hydrogens is 405 g/mol. The summed E-state index contributed by atoms with van der Waals surface area (Å²) in [4.78, 5) is 12.7. The molecule has 142 valence electrons. The van der Waals surface area contributed by atoms with Crippen LogP contribution in [0.15, 0.2) is 77.2 Å². The van der Waals surface area contributed by atoms with Crippen molar-refractivity contribution in [3.05, 3.63) is 99.7 Å². The van der Waals surface area contributed by atoms with Crippen molar-refractivity contribution in [1.29, 1.82) is 0 Å². The normalized spacial score (nSPS) is 11.8. The minimum absolute atomic E-state index is 0.222. The van der Waals surface area contributed by atoms with E-state index in [4.69, 9.17) is 27.6 Å². The molecule has 3 nitrogen and oxygen atoms in total. The highest BCUT2D eigenvalue weighted by Gasteiger charge is 2.19. The van der Waals surface area contributed by atoms with Crippen LogP contribution in [0, 0.1) is 0 Å². The molecule has 0 aliphatic heterocycles. The minimum atomic E-state index is -0.306. The van der Waals surface area contributed by atoms with E-state index in [-0.39, 0.29) is 11.7 Å². The lowest BCUT2D eigenvalue weighted by atomic mass is 10.1. The second-order valence-corrected chi connectivity index (χ2v) is 7.85. The van der Waals surface area contributed by atoms with E-state index < -0.39 is 0 Å². The smallest absolute Gasteiger partial charge is 0.291 e. The fourth-order valence-corrected chi connectivity index (χ4v) is 4.25. The van der Waals surface area contributed by atoms with E-state index in [0.29, 0.717) is 15.8 Å². The zero-order chi connectivity index (χ0) is 20.0. The molecule has 0 unspecified atom stereocenters. The van der Waals surface area contributed by atoms with Gasteiger partial charge in [-0.2, -0.15) is 0 Å². The summed E-state index contributed by atoms with van der Waals surface area (Å²) in [6.07, 6.45) is 0.871. The maximum Gasteiger partial charge on any atom is 0.291 e. The van der Waals surface area contributed by atoms with E-state index in [2.05, 4.69) is 29.6 Å². The monoisotopic (exact) mass is 419 g/mol. The van der Waals surface area contributed by atoms with Gasteiger partial charge in [0.05, 0.1) is 0 Å². The molecule has 0 saturated carbocycles. The second kappa shape index (κ2) is 7.11. The summed E-state index contributed by atoms with van der Waals surface area (Å²) < 4.78 is 5.73. The zero-order valence-corrected chi connectivity index (χ0v) is 16.7. The predicted molar refractivity (Wildman–Crippen MR) is 117 cm³/mol. The van der Waals surface area contributed by atoms with Crippen LogP contribution in [0.1, 0.15) is 21.7 Å². The van der Waals surface area contributed by atoms with Crippen LogP contribution in [0.4, 0.5) is 5.69 Å². The van der Waals surface area contributed by atoms with Gasteiger partial charge in [-0.1, -0.05) is 53.5 Å². The fourth-order valence-electron chi connectivity index (χ4n) is 3.73. The van der Waals surface area contributed by atoms with Gasteiger partial charge in [0.1, 0.15) is 5.76 Å². The molecule has 5 heteroatoms. The van der Waals surface area contributed by atoms with Gasteiger partial charge in [-0.05, 0) is 71.1 Å². The van der Waals surface area contributed by atoms with Crippen molar-refractivity contribution < 1.29 is 9.21 Å². The third-order valence-corrected chi connectivity index (χ3v) is 5.46. The number of rotatable bonds is 3. The van der Waals surface area contributed by atoms with Crippen molar-refractivity contribution in [3.63, 3.8) is 0 Å². The lowest BCUT2D eigenvalue weighted by Crippen LogP contribution is -2.10. The molecule has 1 aromatic heterocycles. The maximum absolute atomic E-state index is 12.7. The summed E-state index contributed by atoms with van der Waals surface area (Å²) in [5, 5.41) is 3.93. The van der Waals surface area contributed by atoms with Crippen molar-refractivity contribution in [3.8, 4) is 22.5 Å². The Kier molecular flexibility index (Phi) is 4.42. The maximum atomic E-state index is 12.7. The molecule has 5 rings (SSSR count). The Balaban J connectivity index is 1.37. The highest BCUT2D eigenvalue weighted by atomic mass is 35.5. The molecule has 29 heavy (non-hydrogen) atoms. The van der Waals surface area contributed by atoms with Gasteiger partial charge in [0.15, 0.2) is 5.76 Å². The van der Waals surface area contributed by atoms with Crippen LogP contribution in [-0.2, 0) is 6.42 Å². The molecular formula is C24H15Cl2NO2. The fraction of sp³-hybridized carbons (Fsp3) is 0.0417. The predicted octanol–water partition coefficient (Wildman–Crippen LogP) is 7.08. The van der Waals surface area contributed by atoms with Crippen molar-refractivity contribution >= 4 is 34.8 Å². The topological polar surface area (TPSA) is 42.2 Å². The number of nitrogens with one attached hydrogen (secondary N) is 1. The van der Waals surface area contributed by atoms with Gasteiger partial charge < -0.3 is 9.73 Å². The van der Waals surface area contributed by atoms with E-state index in [1.54, 1.807) is 30.3 Å². The summed E-state index contributed by atoms with van der Waals surface area (Å²) >= 11 is 12.1. The number of hydrogen-bond donors (Lipinski definition) is 1. The van der Waals surface area contributed by atoms with Crippen LogP contribution < -0.4 is 5.32 Å². The molecule has 1 aliphatic carbocycles. The largest absolute Gasteiger partial charge is 0.451 e. The molecule has 1 aliphatic rings. The first kappa shape index (κ1) is 18.0. The average Bonchev–Trinajstić information content (AvgIpc) is 3.32. The molecule has 3 aromatic carbocycles. The lowest BCUT2D eigenvalue weighted by molar-refractivity contribution is 0.0997. The van der Waals surface area contributed by atoms with E-state index in [1.165, 1.54) is 22.3 Å². The van der Waals surface area contributed by atoms with Crippen LogP contribution in [0.2, 0.25) is 10.0 Å². The van der Waals surface area contributed by atoms with E-state index in [0.717, 1.165) is 17.7 Å². The zero-order valence-electron chi connectivity index (χ0n) is 15.2. The van der Waals surface area contributed by atoms with Crippen LogP contribution >= 0.6 is 23.2 Å². The number of hydrogen-bond acceptors (Lipinski definition) is 2. The Morgan fingerprint density at radius 3 is 2.41 bits per heavy atom. The molecule has 0 atom stereocenters. The number of furan rings is 1. The number of carbonyl (C=O) groups is 1. The van der Waals surface area contributed by atoms with Crippen molar-refractivity contribution in [2.24, 2.45) is 0 Å². The molecule has 0 spiro atoms. The molecule has 0 bridgehead atoms. The Bertz CT molecular complexity index is 1240. The van der Waals surface area contributed by atoms with E-state index in [9.17, 15) is 4.79 Å². The standard InChI is InChI=1S/C24H15Cl2NO2/c25-17-10-16(11-18(26)13-17)22-7-8-23(29-22)24(28)27-19-5-6-21-15(12-19)9-14-3-1-2-4-20(14)21/h1-8,10-13H,9H2,(H,27,28). The Labute approximate surface area is 177 Å². The first-order chi connectivity index (χ1) is 14.1. The Morgan fingerprint density at radius 1 is 0.828 bits per heavy atom. The second-order valence-electron chi connectivity index (χ2n) is 6.98. The summed E-state index contributed by atoms with van der Waals surface area (Å²) in [5.41, 5.74) is 6.45. The van der Waals surface area contributed by atoms with Gasteiger partial charge in [0.2, 0.25) is 0 Å². The highest BCUT2D eigenvalue weighted by Crippen LogP contribution is 2.37. The molecule has 1 amide bonds. The number of halogens is 2. The summed E-state index contributed by atoms with van der Waals surface area (Å²) in [5.74, 6) is 0.448. The van der Waals surface area contributed by atoms with Gasteiger partial charge in [0, 0.05) is 21.3 Å². The number of benzene rings is 3. The van der Waals surface area contributed by atoms with E-state index in [1.807, 2.05) is 18.2 Å². The first-order valence-corrected chi connectivity index (χ1v) is 9.91. The van der Waals surface area contributed by atoms with Gasteiger partial charge in [0.25, 0.3) is 5.91 Å². The van der Waals surface area contributed by atoms with Crippen molar-refractivity contribution in [2.45, 2.75) is 6.42 Å². The molecule has 4 aromatic rings. The third kappa shape index (κ3) is 3.44. The number of fused-ring (bicyclic) bond motifs is 3. The van der Waals surface area contributed by atoms with Crippen molar-refractivity contribution in [1.82, 2.24) is 0 Å². The number of anilines is 1. The quantitative estimate of drug-likeness (QED) is 0.339. The number of amides is 1.